The van der Waals surface area contributed by atoms with Crippen LogP contribution in [0.5, 0.6) is 0 Å². The Labute approximate surface area is 127 Å². The van der Waals surface area contributed by atoms with E-state index in [1.807, 2.05) is 30.0 Å². The van der Waals surface area contributed by atoms with Crippen molar-refractivity contribution in [3.05, 3.63) is 29.3 Å². The summed E-state index contributed by atoms with van der Waals surface area (Å²) < 4.78 is 10.1. The van der Waals surface area contributed by atoms with Gasteiger partial charge in [0.25, 0.3) is 0 Å². The third-order valence-electron chi connectivity index (χ3n) is 3.38. The third kappa shape index (κ3) is 6.71. The molecular weight excluding hydrogens is 268 g/mol. The van der Waals surface area contributed by atoms with Crippen molar-refractivity contribution < 1.29 is 14.3 Å². The lowest BCUT2D eigenvalue weighted by Crippen LogP contribution is -2.37. The molecule has 0 radical (unpaired) electrons. The molecule has 5 heteroatoms. The van der Waals surface area contributed by atoms with Crippen molar-refractivity contribution in [2.24, 2.45) is 0 Å². The number of aryl methyl sites for hydroxylation is 2. The molecule has 0 unspecified atom stereocenters. The average Bonchev–Trinajstić information content (AvgIpc) is 2.45. The number of amides is 1. The molecular formula is C16H26N2O3. The standard InChI is InChI=1S/C16H26N2O3/c1-13-5-6-15(11-14(13)2)17-16(19)12-18(7-9-20-3)8-10-21-4/h5-6,11H,7-10,12H2,1-4H3,(H,17,19). The number of hydrogen-bond donors (Lipinski definition) is 1. The fourth-order valence-corrected chi connectivity index (χ4v) is 1.93. The second kappa shape index (κ2) is 9.50. The van der Waals surface area contributed by atoms with E-state index in [-0.39, 0.29) is 5.91 Å². The molecule has 0 aliphatic rings. The minimum absolute atomic E-state index is 0.0227. The minimum atomic E-state index is -0.0227. The van der Waals surface area contributed by atoms with Gasteiger partial charge in [-0.2, -0.15) is 0 Å². The molecule has 0 saturated heterocycles. The van der Waals surface area contributed by atoms with E-state index in [2.05, 4.69) is 12.2 Å². The van der Waals surface area contributed by atoms with Crippen LogP contribution in [0, 0.1) is 13.8 Å². The van der Waals surface area contributed by atoms with Gasteiger partial charge < -0.3 is 14.8 Å². The first-order valence-electron chi connectivity index (χ1n) is 7.14. The molecule has 1 aromatic carbocycles. The minimum Gasteiger partial charge on any atom is -0.383 e. The Balaban J connectivity index is 2.53. The lowest BCUT2D eigenvalue weighted by atomic mass is 10.1. The van der Waals surface area contributed by atoms with Crippen LogP contribution >= 0.6 is 0 Å². The van der Waals surface area contributed by atoms with E-state index >= 15 is 0 Å². The summed E-state index contributed by atoms with van der Waals surface area (Å²) >= 11 is 0. The predicted molar refractivity (Wildman–Crippen MR) is 84.7 cm³/mol. The van der Waals surface area contributed by atoms with Crippen LogP contribution in [0.1, 0.15) is 11.1 Å². The molecule has 5 nitrogen and oxygen atoms in total. The molecule has 1 aromatic rings. The second-order valence-electron chi connectivity index (χ2n) is 5.11. The van der Waals surface area contributed by atoms with Gasteiger partial charge in [0.2, 0.25) is 5.91 Å². The lowest BCUT2D eigenvalue weighted by molar-refractivity contribution is -0.117. The zero-order valence-electron chi connectivity index (χ0n) is 13.4. The van der Waals surface area contributed by atoms with Crippen molar-refractivity contribution in [1.82, 2.24) is 4.90 Å². The Kier molecular flexibility index (Phi) is 7.97. The average molecular weight is 294 g/mol. The van der Waals surface area contributed by atoms with Gasteiger partial charge in [-0.3, -0.25) is 9.69 Å². The van der Waals surface area contributed by atoms with E-state index < -0.39 is 0 Å². The van der Waals surface area contributed by atoms with Crippen LogP contribution in [-0.4, -0.2) is 57.9 Å². The molecule has 118 valence electrons. The molecule has 0 heterocycles. The molecule has 0 spiro atoms. The number of carbonyl (C=O) groups excluding carboxylic acids is 1. The van der Waals surface area contributed by atoms with E-state index in [0.717, 1.165) is 5.69 Å². The monoisotopic (exact) mass is 294 g/mol. The van der Waals surface area contributed by atoms with Crippen molar-refractivity contribution >= 4 is 11.6 Å². The predicted octanol–water partition coefficient (Wildman–Crippen LogP) is 1.84. The van der Waals surface area contributed by atoms with Crippen LogP contribution in [0.4, 0.5) is 5.69 Å². The number of nitrogens with one attached hydrogen (secondary N) is 1. The topological polar surface area (TPSA) is 50.8 Å². The first-order chi connectivity index (χ1) is 10.1. The quantitative estimate of drug-likeness (QED) is 0.755. The normalized spacial score (nSPS) is 10.9. The van der Waals surface area contributed by atoms with Gasteiger partial charge >= 0.3 is 0 Å². The summed E-state index contributed by atoms with van der Waals surface area (Å²) in [6.07, 6.45) is 0. The van der Waals surface area contributed by atoms with Crippen molar-refractivity contribution in [3.8, 4) is 0 Å². The molecule has 0 saturated carbocycles. The molecule has 1 N–H and O–H groups in total. The highest BCUT2D eigenvalue weighted by Crippen LogP contribution is 2.14. The second-order valence-corrected chi connectivity index (χ2v) is 5.11. The number of rotatable bonds is 9. The smallest absolute Gasteiger partial charge is 0.238 e. The molecule has 0 bridgehead atoms. The van der Waals surface area contributed by atoms with Crippen molar-refractivity contribution in [3.63, 3.8) is 0 Å². The molecule has 0 aliphatic carbocycles. The first-order valence-corrected chi connectivity index (χ1v) is 7.14. The summed E-state index contributed by atoms with van der Waals surface area (Å²) in [4.78, 5) is 14.1. The Bertz CT molecular complexity index is 441. The Morgan fingerprint density at radius 3 is 2.24 bits per heavy atom. The van der Waals surface area contributed by atoms with E-state index in [1.165, 1.54) is 11.1 Å². The van der Waals surface area contributed by atoms with E-state index in [0.29, 0.717) is 32.8 Å². The number of anilines is 1. The molecule has 0 fully saturated rings. The van der Waals surface area contributed by atoms with Gasteiger partial charge in [-0.25, -0.2) is 0 Å². The fraction of sp³-hybridized carbons (Fsp3) is 0.562. The van der Waals surface area contributed by atoms with Crippen LogP contribution in [0.3, 0.4) is 0 Å². The van der Waals surface area contributed by atoms with Gasteiger partial charge in [-0.1, -0.05) is 6.07 Å². The molecule has 21 heavy (non-hydrogen) atoms. The SMILES string of the molecule is COCCN(CCOC)CC(=O)Nc1ccc(C)c(C)c1. The fourth-order valence-electron chi connectivity index (χ4n) is 1.93. The van der Waals surface area contributed by atoms with Gasteiger partial charge in [0.05, 0.1) is 19.8 Å². The van der Waals surface area contributed by atoms with Crippen LogP contribution in [0.15, 0.2) is 18.2 Å². The summed E-state index contributed by atoms with van der Waals surface area (Å²) in [5.41, 5.74) is 3.22. The highest BCUT2D eigenvalue weighted by Gasteiger charge is 2.11. The highest BCUT2D eigenvalue weighted by atomic mass is 16.5. The van der Waals surface area contributed by atoms with Gasteiger partial charge in [0, 0.05) is 33.0 Å². The zero-order valence-corrected chi connectivity index (χ0v) is 13.4. The number of methoxy groups -OCH3 is 2. The Hall–Kier alpha value is -1.43. The van der Waals surface area contributed by atoms with Crippen molar-refractivity contribution in [2.45, 2.75) is 13.8 Å². The number of ether oxygens (including phenoxy) is 2. The maximum Gasteiger partial charge on any atom is 0.238 e. The van der Waals surface area contributed by atoms with Crippen molar-refractivity contribution in [2.75, 3.05) is 52.4 Å². The number of hydrogen-bond acceptors (Lipinski definition) is 4. The largest absolute Gasteiger partial charge is 0.383 e. The van der Waals surface area contributed by atoms with Gasteiger partial charge in [0.15, 0.2) is 0 Å². The van der Waals surface area contributed by atoms with Crippen LogP contribution < -0.4 is 5.32 Å². The van der Waals surface area contributed by atoms with Crippen LogP contribution in [0.2, 0.25) is 0 Å². The molecule has 0 atom stereocenters. The summed E-state index contributed by atoms with van der Waals surface area (Å²) in [5.74, 6) is -0.0227. The van der Waals surface area contributed by atoms with Gasteiger partial charge in [-0.15, -0.1) is 0 Å². The molecule has 0 aliphatic heterocycles. The Morgan fingerprint density at radius 2 is 1.71 bits per heavy atom. The van der Waals surface area contributed by atoms with Gasteiger partial charge in [-0.05, 0) is 37.1 Å². The summed E-state index contributed by atoms with van der Waals surface area (Å²) in [7, 11) is 3.31. The number of benzene rings is 1. The summed E-state index contributed by atoms with van der Waals surface area (Å²) in [5, 5.41) is 2.93. The van der Waals surface area contributed by atoms with Gasteiger partial charge in [0.1, 0.15) is 0 Å². The number of nitrogens with zero attached hydrogens (tertiary/aromatic N) is 1. The maximum absolute atomic E-state index is 12.1. The lowest BCUT2D eigenvalue weighted by Gasteiger charge is -2.21. The molecule has 1 rings (SSSR count). The van der Waals surface area contributed by atoms with E-state index in [9.17, 15) is 4.79 Å². The van der Waals surface area contributed by atoms with Crippen LogP contribution in [-0.2, 0) is 14.3 Å². The highest BCUT2D eigenvalue weighted by molar-refractivity contribution is 5.92. The third-order valence-corrected chi connectivity index (χ3v) is 3.38. The molecule has 0 aromatic heterocycles. The van der Waals surface area contributed by atoms with Crippen LogP contribution in [0.25, 0.3) is 0 Å². The zero-order chi connectivity index (χ0) is 15.7. The number of carbonyl (C=O) groups is 1. The molecule has 1 amide bonds. The Morgan fingerprint density at radius 1 is 1.10 bits per heavy atom. The van der Waals surface area contributed by atoms with E-state index in [4.69, 9.17) is 9.47 Å². The summed E-state index contributed by atoms with van der Waals surface area (Å²) in [6, 6.07) is 5.93. The van der Waals surface area contributed by atoms with E-state index in [1.54, 1.807) is 14.2 Å². The first kappa shape index (κ1) is 17.6. The summed E-state index contributed by atoms with van der Waals surface area (Å²) in [6.45, 7) is 7.04. The maximum atomic E-state index is 12.1. The van der Waals surface area contributed by atoms with Crippen molar-refractivity contribution in [1.29, 1.82) is 0 Å².